The van der Waals surface area contributed by atoms with Gasteiger partial charge in [-0.15, -0.1) is 0 Å². The maximum absolute atomic E-state index is 12.5. The number of rotatable bonds is 5. The van der Waals surface area contributed by atoms with Gasteiger partial charge in [0.1, 0.15) is 5.69 Å². The molecule has 0 saturated heterocycles. The van der Waals surface area contributed by atoms with Crippen LogP contribution in [0.5, 0.6) is 0 Å². The molecule has 2 N–H and O–H groups in total. The number of nitrogens with zero attached hydrogens (tertiary/aromatic N) is 2. The first-order valence-electron chi connectivity index (χ1n) is 6.74. The minimum atomic E-state index is -1.16. The SMILES string of the molecule is O=C(O)c1cc(C(=O)N(CCO)C2CCCC2)ccn1. The van der Waals surface area contributed by atoms with Crippen LogP contribution in [0.1, 0.15) is 46.5 Å². The Morgan fingerprint density at radius 1 is 1.35 bits per heavy atom. The van der Waals surface area contributed by atoms with E-state index < -0.39 is 5.97 Å². The van der Waals surface area contributed by atoms with Crippen molar-refractivity contribution in [3.8, 4) is 0 Å². The molecule has 1 aromatic heterocycles. The van der Waals surface area contributed by atoms with Crippen molar-refractivity contribution >= 4 is 11.9 Å². The number of aromatic nitrogens is 1. The van der Waals surface area contributed by atoms with Crippen LogP contribution in [0, 0.1) is 0 Å². The summed E-state index contributed by atoms with van der Waals surface area (Å²) in [4.78, 5) is 28.7. The molecule has 0 aromatic carbocycles. The molecule has 1 saturated carbocycles. The van der Waals surface area contributed by atoms with Gasteiger partial charge in [0.05, 0.1) is 6.61 Å². The predicted octanol–water partition coefficient (Wildman–Crippen LogP) is 1.16. The van der Waals surface area contributed by atoms with Crippen LogP contribution in [0.3, 0.4) is 0 Å². The molecule has 1 aliphatic carbocycles. The van der Waals surface area contributed by atoms with Crippen molar-refractivity contribution in [1.29, 1.82) is 0 Å². The molecule has 1 heterocycles. The van der Waals surface area contributed by atoms with E-state index in [4.69, 9.17) is 10.2 Å². The highest BCUT2D eigenvalue weighted by atomic mass is 16.4. The molecule has 1 amide bonds. The van der Waals surface area contributed by atoms with Gasteiger partial charge in [-0.3, -0.25) is 4.79 Å². The number of carboxylic acid groups (broad SMARTS) is 1. The third kappa shape index (κ3) is 3.14. The summed E-state index contributed by atoms with van der Waals surface area (Å²) in [5.74, 6) is -1.40. The van der Waals surface area contributed by atoms with Crippen LogP contribution in [0.2, 0.25) is 0 Å². The van der Waals surface area contributed by atoms with Gasteiger partial charge < -0.3 is 15.1 Å². The topological polar surface area (TPSA) is 90.7 Å². The fourth-order valence-corrected chi connectivity index (χ4v) is 2.62. The van der Waals surface area contributed by atoms with Crippen LogP contribution in [0.4, 0.5) is 0 Å². The van der Waals surface area contributed by atoms with Gasteiger partial charge in [0.2, 0.25) is 0 Å². The second-order valence-corrected chi connectivity index (χ2v) is 4.90. The van der Waals surface area contributed by atoms with Crippen LogP contribution in [-0.4, -0.2) is 51.2 Å². The quantitative estimate of drug-likeness (QED) is 0.843. The molecule has 6 nitrogen and oxygen atoms in total. The fraction of sp³-hybridized carbons (Fsp3) is 0.500. The van der Waals surface area contributed by atoms with E-state index in [-0.39, 0.29) is 30.8 Å². The highest BCUT2D eigenvalue weighted by Crippen LogP contribution is 2.24. The molecule has 108 valence electrons. The maximum atomic E-state index is 12.5. The molecule has 0 unspecified atom stereocenters. The summed E-state index contributed by atoms with van der Waals surface area (Å²) in [5, 5.41) is 18.1. The Bertz CT molecular complexity index is 498. The van der Waals surface area contributed by atoms with Crippen molar-refractivity contribution in [2.75, 3.05) is 13.2 Å². The summed E-state index contributed by atoms with van der Waals surface area (Å²) >= 11 is 0. The number of carboxylic acids is 1. The molecular weight excluding hydrogens is 260 g/mol. The van der Waals surface area contributed by atoms with Gasteiger partial charge in [0.15, 0.2) is 0 Å². The van der Waals surface area contributed by atoms with Crippen molar-refractivity contribution in [2.45, 2.75) is 31.7 Å². The molecule has 6 heteroatoms. The number of hydrogen-bond donors (Lipinski definition) is 2. The average molecular weight is 278 g/mol. The van der Waals surface area contributed by atoms with E-state index in [1.807, 2.05) is 0 Å². The number of aliphatic hydroxyl groups is 1. The van der Waals surface area contributed by atoms with E-state index in [1.54, 1.807) is 4.90 Å². The van der Waals surface area contributed by atoms with Crippen LogP contribution >= 0.6 is 0 Å². The molecule has 0 spiro atoms. The van der Waals surface area contributed by atoms with E-state index in [1.165, 1.54) is 18.3 Å². The van der Waals surface area contributed by atoms with E-state index in [9.17, 15) is 9.59 Å². The number of hydrogen-bond acceptors (Lipinski definition) is 4. The van der Waals surface area contributed by atoms with Gasteiger partial charge in [0.25, 0.3) is 5.91 Å². The van der Waals surface area contributed by atoms with Crippen molar-refractivity contribution in [1.82, 2.24) is 9.88 Å². The molecule has 0 bridgehead atoms. The van der Waals surface area contributed by atoms with Crippen LogP contribution < -0.4 is 0 Å². The Kier molecular flexibility index (Phi) is 4.68. The highest BCUT2D eigenvalue weighted by Gasteiger charge is 2.27. The zero-order valence-electron chi connectivity index (χ0n) is 11.2. The Balaban J connectivity index is 2.22. The van der Waals surface area contributed by atoms with E-state index in [0.29, 0.717) is 5.56 Å². The molecule has 1 aliphatic rings. The first-order valence-corrected chi connectivity index (χ1v) is 6.74. The maximum Gasteiger partial charge on any atom is 0.354 e. The van der Waals surface area contributed by atoms with Crippen LogP contribution in [0.25, 0.3) is 0 Å². The van der Waals surface area contributed by atoms with Gasteiger partial charge in [-0.25, -0.2) is 9.78 Å². The van der Waals surface area contributed by atoms with Gasteiger partial charge >= 0.3 is 5.97 Å². The predicted molar refractivity (Wildman–Crippen MR) is 71.6 cm³/mol. The lowest BCUT2D eigenvalue weighted by atomic mass is 10.1. The number of carbonyl (C=O) groups excluding carboxylic acids is 1. The molecule has 2 rings (SSSR count). The van der Waals surface area contributed by atoms with Crippen LogP contribution in [0.15, 0.2) is 18.3 Å². The standard InChI is InChI=1S/C14H18N2O4/c17-8-7-16(11-3-1-2-4-11)13(18)10-5-6-15-12(9-10)14(19)20/h5-6,9,11,17H,1-4,7-8H2,(H,19,20). The molecule has 1 fully saturated rings. The Morgan fingerprint density at radius 3 is 2.65 bits per heavy atom. The zero-order valence-corrected chi connectivity index (χ0v) is 11.2. The van der Waals surface area contributed by atoms with Crippen molar-refractivity contribution in [3.05, 3.63) is 29.6 Å². The number of aromatic carboxylic acids is 1. The summed E-state index contributed by atoms with van der Waals surface area (Å²) in [6.07, 6.45) is 5.35. The molecule has 20 heavy (non-hydrogen) atoms. The van der Waals surface area contributed by atoms with Crippen LogP contribution in [-0.2, 0) is 0 Å². The zero-order chi connectivity index (χ0) is 14.5. The molecule has 1 aromatic rings. The minimum Gasteiger partial charge on any atom is -0.477 e. The molecule has 0 aliphatic heterocycles. The lowest BCUT2D eigenvalue weighted by molar-refractivity contribution is 0.0638. The molecular formula is C14H18N2O4. The number of pyridine rings is 1. The summed E-state index contributed by atoms with van der Waals surface area (Å²) < 4.78 is 0. The highest BCUT2D eigenvalue weighted by molar-refractivity contribution is 5.96. The Labute approximate surface area is 117 Å². The van der Waals surface area contributed by atoms with Gasteiger partial charge in [-0.2, -0.15) is 0 Å². The fourth-order valence-electron chi connectivity index (χ4n) is 2.62. The Hall–Kier alpha value is -1.95. The summed E-state index contributed by atoms with van der Waals surface area (Å²) in [5.41, 5.74) is 0.156. The molecule has 0 radical (unpaired) electrons. The van der Waals surface area contributed by atoms with E-state index >= 15 is 0 Å². The number of carbonyl (C=O) groups is 2. The second kappa shape index (κ2) is 6.47. The largest absolute Gasteiger partial charge is 0.477 e. The monoisotopic (exact) mass is 278 g/mol. The van der Waals surface area contributed by atoms with Gasteiger partial charge in [-0.1, -0.05) is 12.8 Å². The Morgan fingerprint density at radius 2 is 2.05 bits per heavy atom. The number of amides is 1. The molecule has 0 atom stereocenters. The summed E-state index contributed by atoms with van der Waals surface area (Å²) in [6, 6.07) is 2.93. The lowest BCUT2D eigenvalue weighted by Crippen LogP contribution is -2.40. The van der Waals surface area contributed by atoms with Gasteiger partial charge in [-0.05, 0) is 25.0 Å². The first-order chi connectivity index (χ1) is 9.63. The van der Waals surface area contributed by atoms with Crippen molar-refractivity contribution < 1.29 is 19.8 Å². The second-order valence-electron chi connectivity index (χ2n) is 4.90. The van der Waals surface area contributed by atoms with Crippen molar-refractivity contribution in [2.24, 2.45) is 0 Å². The third-order valence-corrected chi connectivity index (χ3v) is 3.59. The minimum absolute atomic E-state index is 0.0981. The van der Waals surface area contributed by atoms with E-state index in [2.05, 4.69) is 4.98 Å². The normalized spacial score (nSPS) is 15.2. The third-order valence-electron chi connectivity index (χ3n) is 3.59. The summed E-state index contributed by atoms with van der Waals surface area (Å²) in [7, 11) is 0. The average Bonchev–Trinajstić information content (AvgIpc) is 2.98. The van der Waals surface area contributed by atoms with Gasteiger partial charge in [0, 0.05) is 24.3 Å². The smallest absolute Gasteiger partial charge is 0.354 e. The first kappa shape index (κ1) is 14.5. The summed E-state index contributed by atoms with van der Waals surface area (Å²) in [6.45, 7) is 0.174. The van der Waals surface area contributed by atoms with E-state index in [0.717, 1.165) is 25.7 Å². The lowest BCUT2D eigenvalue weighted by Gasteiger charge is -2.28. The van der Waals surface area contributed by atoms with Crippen molar-refractivity contribution in [3.63, 3.8) is 0 Å². The number of aliphatic hydroxyl groups excluding tert-OH is 1.